The van der Waals surface area contributed by atoms with Gasteiger partial charge in [0.1, 0.15) is 17.1 Å². The molecule has 186 valence electrons. The van der Waals surface area contributed by atoms with Crippen molar-refractivity contribution >= 4 is 26.8 Å². The van der Waals surface area contributed by atoms with Crippen molar-refractivity contribution in [3.8, 4) is 17.0 Å². The normalized spacial score (nSPS) is 20.6. The van der Waals surface area contributed by atoms with Gasteiger partial charge in [-0.15, -0.1) is 0 Å². The number of imidazole rings is 1. The number of benzene rings is 1. The lowest BCUT2D eigenvalue weighted by Crippen LogP contribution is -2.35. The molecule has 3 heterocycles. The number of carbonyl (C=O) groups is 1. The highest BCUT2D eigenvalue weighted by atomic mass is 32.2. The summed E-state index contributed by atoms with van der Waals surface area (Å²) in [6.07, 6.45) is 7.12. The highest BCUT2D eigenvalue weighted by molar-refractivity contribution is 7.91. The Bertz CT molecular complexity index is 1340. The number of ether oxygens (including phenoxy) is 1. The number of amides is 1. The molecule has 9 heteroatoms. The van der Waals surface area contributed by atoms with E-state index in [0.717, 1.165) is 42.5 Å². The number of nitrogens with zero attached hydrogens (tertiary/aromatic N) is 3. The molecular weight excluding hydrogens is 464 g/mol. The number of aromatic nitrogens is 3. The number of carbonyl (C=O) groups excluding carboxylic acids is 1. The molecule has 1 atom stereocenters. The highest BCUT2D eigenvalue weighted by Gasteiger charge is 2.32. The van der Waals surface area contributed by atoms with E-state index in [4.69, 9.17) is 14.7 Å². The van der Waals surface area contributed by atoms with Crippen LogP contribution in [0.1, 0.15) is 67.3 Å². The van der Waals surface area contributed by atoms with Crippen molar-refractivity contribution in [1.29, 1.82) is 0 Å². The molecule has 0 bridgehead atoms. The second-order valence-electron chi connectivity index (χ2n) is 9.70. The molecule has 1 N–H and O–H groups in total. The number of aryl methyl sites for hydroxylation is 1. The lowest BCUT2D eigenvalue weighted by molar-refractivity contribution is 0.0930. The molecule has 1 aliphatic heterocycles. The quantitative estimate of drug-likeness (QED) is 0.531. The van der Waals surface area contributed by atoms with Crippen LogP contribution in [0.25, 0.3) is 22.3 Å². The zero-order valence-electron chi connectivity index (χ0n) is 20.3. The van der Waals surface area contributed by atoms with E-state index in [2.05, 4.69) is 5.32 Å². The standard InChI is InChI=1S/C26H32N4O4S/c1-17-27-24-23(30(17)20-13-14-35(32,33)16-20)15-22(18-9-11-21(34-2)12-10-18)29-25(24)26(31)28-19-7-5-3-4-6-8-19/h9-12,15,19-20H,3-8,13-14,16H2,1-2H3,(H,28,31). The van der Waals surface area contributed by atoms with E-state index in [1.165, 1.54) is 12.8 Å². The first-order valence-electron chi connectivity index (χ1n) is 12.4. The van der Waals surface area contributed by atoms with Crippen molar-refractivity contribution in [2.45, 2.75) is 64.0 Å². The molecule has 1 saturated heterocycles. The van der Waals surface area contributed by atoms with Crippen LogP contribution in [0, 0.1) is 6.92 Å². The van der Waals surface area contributed by atoms with Crippen molar-refractivity contribution in [3.63, 3.8) is 0 Å². The molecule has 1 unspecified atom stereocenters. The Hall–Kier alpha value is -2.94. The van der Waals surface area contributed by atoms with Gasteiger partial charge in [-0.2, -0.15) is 0 Å². The average molecular weight is 497 g/mol. The van der Waals surface area contributed by atoms with E-state index in [-0.39, 0.29) is 29.5 Å². The zero-order chi connectivity index (χ0) is 24.6. The van der Waals surface area contributed by atoms with E-state index >= 15 is 0 Å². The summed E-state index contributed by atoms with van der Waals surface area (Å²) in [6, 6.07) is 9.39. The lowest BCUT2D eigenvalue weighted by Gasteiger charge is -2.17. The number of hydrogen-bond acceptors (Lipinski definition) is 6. The molecule has 0 radical (unpaired) electrons. The van der Waals surface area contributed by atoms with Gasteiger partial charge in [0.15, 0.2) is 15.5 Å². The lowest BCUT2D eigenvalue weighted by atomic mass is 10.1. The van der Waals surface area contributed by atoms with Crippen molar-refractivity contribution in [3.05, 3.63) is 41.9 Å². The minimum absolute atomic E-state index is 0.0864. The number of methoxy groups -OCH3 is 1. The molecule has 2 aliphatic rings. The van der Waals surface area contributed by atoms with E-state index in [9.17, 15) is 13.2 Å². The van der Waals surface area contributed by atoms with Gasteiger partial charge in [0.05, 0.1) is 35.9 Å². The Morgan fingerprint density at radius 2 is 1.77 bits per heavy atom. The smallest absolute Gasteiger partial charge is 0.272 e. The van der Waals surface area contributed by atoms with E-state index < -0.39 is 9.84 Å². The van der Waals surface area contributed by atoms with Crippen LogP contribution in [0.4, 0.5) is 0 Å². The van der Waals surface area contributed by atoms with Gasteiger partial charge in [0.2, 0.25) is 0 Å². The minimum atomic E-state index is -3.08. The second kappa shape index (κ2) is 9.60. The minimum Gasteiger partial charge on any atom is -0.497 e. The first kappa shape index (κ1) is 23.8. The van der Waals surface area contributed by atoms with Crippen LogP contribution >= 0.6 is 0 Å². The van der Waals surface area contributed by atoms with Gasteiger partial charge < -0.3 is 14.6 Å². The Labute approximate surface area is 206 Å². The largest absolute Gasteiger partial charge is 0.497 e. The Kier molecular flexibility index (Phi) is 6.53. The molecule has 35 heavy (non-hydrogen) atoms. The number of rotatable bonds is 5. The zero-order valence-corrected chi connectivity index (χ0v) is 21.1. The van der Waals surface area contributed by atoms with Crippen molar-refractivity contribution in [1.82, 2.24) is 19.9 Å². The van der Waals surface area contributed by atoms with Crippen molar-refractivity contribution in [2.75, 3.05) is 18.6 Å². The van der Waals surface area contributed by atoms with Gasteiger partial charge in [-0.3, -0.25) is 4.79 Å². The monoisotopic (exact) mass is 496 g/mol. The van der Waals surface area contributed by atoms with Gasteiger partial charge >= 0.3 is 0 Å². The second-order valence-corrected chi connectivity index (χ2v) is 11.9. The topological polar surface area (TPSA) is 103 Å². The third-order valence-corrected chi connectivity index (χ3v) is 8.97. The summed E-state index contributed by atoms with van der Waals surface area (Å²) in [4.78, 5) is 23.0. The SMILES string of the molecule is COc1ccc(-c2cc3c(nc(C)n3C3CCS(=O)(=O)C3)c(C(=O)NC3CCCCCC3)n2)cc1. The number of sulfone groups is 1. The third-order valence-electron chi connectivity index (χ3n) is 7.22. The van der Waals surface area contributed by atoms with Crippen LogP contribution in [0.5, 0.6) is 5.75 Å². The summed E-state index contributed by atoms with van der Waals surface area (Å²) in [5.41, 5.74) is 3.06. The Balaban J connectivity index is 1.61. The fourth-order valence-corrected chi connectivity index (χ4v) is 7.09. The maximum Gasteiger partial charge on any atom is 0.272 e. The summed E-state index contributed by atoms with van der Waals surface area (Å²) in [7, 11) is -1.47. The van der Waals surface area contributed by atoms with Crippen molar-refractivity contribution in [2.24, 2.45) is 0 Å². The Morgan fingerprint density at radius 3 is 2.40 bits per heavy atom. The van der Waals surface area contributed by atoms with Gasteiger partial charge in [0.25, 0.3) is 5.91 Å². The molecule has 1 amide bonds. The summed E-state index contributed by atoms with van der Waals surface area (Å²) < 4.78 is 31.7. The van der Waals surface area contributed by atoms with Crippen LogP contribution in [-0.4, -0.2) is 53.5 Å². The van der Waals surface area contributed by atoms with Gasteiger partial charge in [-0.1, -0.05) is 25.7 Å². The number of hydrogen-bond donors (Lipinski definition) is 1. The predicted molar refractivity (Wildman–Crippen MR) is 136 cm³/mol. The van der Waals surface area contributed by atoms with E-state index in [1.807, 2.05) is 41.8 Å². The maximum absolute atomic E-state index is 13.5. The summed E-state index contributed by atoms with van der Waals surface area (Å²) >= 11 is 0. The molecule has 1 saturated carbocycles. The van der Waals surface area contributed by atoms with Crippen LogP contribution < -0.4 is 10.1 Å². The Morgan fingerprint density at radius 1 is 1.06 bits per heavy atom. The molecule has 0 spiro atoms. The first-order valence-corrected chi connectivity index (χ1v) is 14.2. The van der Waals surface area contributed by atoms with Gasteiger partial charge in [-0.25, -0.2) is 18.4 Å². The number of fused-ring (bicyclic) bond motifs is 1. The molecule has 1 aromatic carbocycles. The van der Waals surface area contributed by atoms with Crippen LogP contribution in [-0.2, 0) is 9.84 Å². The van der Waals surface area contributed by atoms with Crippen LogP contribution in [0.3, 0.4) is 0 Å². The summed E-state index contributed by atoms with van der Waals surface area (Å²) in [5.74, 6) is 1.46. The fourth-order valence-electron chi connectivity index (χ4n) is 5.39. The summed E-state index contributed by atoms with van der Waals surface area (Å²) in [5, 5.41) is 3.21. The maximum atomic E-state index is 13.5. The third kappa shape index (κ3) is 4.91. The fraction of sp³-hybridized carbons (Fsp3) is 0.500. The van der Waals surface area contributed by atoms with E-state index in [0.29, 0.717) is 29.1 Å². The molecule has 5 rings (SSSR count). The number of pyridine rings is 1. The molecule has 3 aromatic rings. The predicted octanol–water partition coefficient (Wildman–Crippen LogP) is 4.23. The molecule has 2 fully saturated rings. The van der Waals surface area contributed by atoms with Gasteiger partial charge in [-0.05, 0) is 56.5 Å². The van der Waals surface area contributed by atoms with Crippen LogP contribution in [0.15, 0.2) is 30.3 Å². The first-order chi connectivity index (χ1) is 16.8. The molecule has 1 aliphatic carbocycles. The molecular formula is C26H32N4O4S. The average Bonchev–Trinajstić information content (AvgIpc) is 3.24. The van der Waals surface area contributed by atoms with Crippen LogP contribution in [0.2, 0.25) is 0 Å². The number of nitrogens with one attached hydrogen (secondary N) is 1. The molecule has 2 aromatic heterocycles. The molecule has 8 nitrogen and oxygen atoms in total. The van der Waals surface area contributed by atoms with Gasteiger partial charge in [0, 0.05) is 11.6 Å². The van der Waals surface area contributed by atoms with Crippen molar-refractivity contribution < 1.29 is 17.9 Å². The van der Waals surface area contributed by atoms with E-state index in [1.54, 1.807) is 7.11 Å². The highest BCUT2D eigenvalue weighted by Crippen LogP contribution is 2.33. The summed E-state index contributed by atoms with van der Waals surface area (Å²) in [6.45, 7) is 1.87.